The van der Waals surface area contributed by atoms with E-state index >= 15 is 0 Å². The lowest BCUT2D eigenvalue weighted by Gasteiger charge is -2.11. The lowest BCUT2D eigenvalue weighted by atomic mass is 10.1. The standard InChI is InChI=1S/C22H19FN2O3S/c1-25(2)21(27)13-28-19-5-3-4-16(12-19)20(26)11-10-18-14-29-22(24-18)15-6-8-17(23)9-7-15/h3-12,14H,13H2,1-2H3. The number of ketones is 1. The number of hydrogen-bond donors (Lipinski definition) is 0. The summed E-state index contributed by atoms with van der Waals surface area (Å²) in [5.41, 5.74) is 1.91. The minimum absolute atomic E-state index is 0.0918. The second kappa shape index (κ2) is 9.25. The molecule has 0 radical (unpaired) electrons. The molecule has 0 spiro atoms. The smallest absolute Gasteiger partial charge is 0.259 e. The van der Waals surface area contributed by atoms with Gasteiger partial charge >= 0.3 is 0 Å². The Morgan fingerprint density at radius 1 is 1.17 bits per heavy atom. The molecule has 0 aliphatic heterocycles. The van der Waals surface area contributed by atoms with Crippen molar-refractivity contribution in [3.63, 3.8) is 0 Å². The third-order valence-electron chi connectivity index (χ3n) is 4.00. The summed E-state index contributed by atoms with van der Waals surface area (Å²) in [6, 6.07) is 12.8. The van der Waals surface area contributed by atoms with Crippen molar-refractivity contribution in [2.24, 2.45) is 0 Å². The highest BCUT2D eigenvalue weighted by Gasteiger charge is 2.08. The molecule has 0 N–H and O–H groups in total. The van der Waals surface area contributed by atoms with Crippen LogP contribution in [-0.4, -0.2) is 42.3 Å². The molecule has 0 saturated heterocycles. The summed E-state index contributed by atoms with van der Waals surface area (Å²) in [5, 5.41) is 2.58. The minimum Gasteiger partial charge on any atom is -0.484 e. The summed E-state index contributed by atoms with van der Waals surface area (Å²) in [6.07, 6.45) is 3.07. The number of allylic oxidation sites excluding steroid dienone is 1. The van der Waals surface area contributed by atoms with Crippen molar-refractivity contribution in [1.82, 2.24) is 9.88 Å². The zero-order valence-corrected chi connectivity index (χ0v) is 16.8. The molecular weight excluding hydrogens is 391 g/mol. The molecule has 0 bridgehead atoms. The summed E-state index contributed by atoms with van der Waals surface area (Å²) in [6.45, 7) is -0.0918. The highest BCUT2D eigenvalue weighted by atomic mass is 32.1. The van der Waals surface area contributed by atoms with Gasteiger partial charge in [-0.15, -0.1) is 11.3 Å². The summed E-state index contributed by atoms with van der Waals surface area (Å²) in [7, 11) is 3.30. The Hall–Kier alpha value is -3.32. The van der Waals surface area contributed by atoms with E-state index in [0.717, 1.165) is 10.6 Å². The maximum atomic E-state index is 13.0. The van der Waals surface area contributed by atoms with Crippen molar-refractivity contribution in [3.05, 3.63) is 77.1 Å². The molecule has 0 aliphatic rings. The summed E-state index contributed by atoms with van der Waals surface area (Å²) in [4.78, 5) is 29.9. The van der Waals surface area contributed by atoms with E-state index in [2.05, 4.69) is 4.98 Å². The van der Waals surface area contributed by atoms with Crippen LogP contribution >= 0.6 is 11.3 Å². The molecule has 3 rings (SSSR count). The second-order valence-electron chi connectivity index (χ2n) is 6.39. The number of nitrogens with zero attached hydrogens (tertiary/aromatic N) is 2. The first-order valence-corrected chi connectivity index (χ1v) is 9.67. The van der Waals surface area contributed by atoms with Crippen molar-refractivity contribution in [1.29, 1.82) is 0 Å². The van der Waals surface area contributed by atoms with Crippen LogP contribution in [0.15, 0.2) is 60.0 Å². The Kier molecular flexibility index (Phi) is 6.51. The van der Waals surface area contributed by atoms with Crippen LogP contribution in [-0.2, 0) is 4.79 Å². The molecular formula is C22H19FN2O3S. The van der Waals surface area contributed by atoms with Gasteiger partial charge < -0.3 is 9.64 Å². The lowest BCUT2D eigenvalue weighted by Crippen LogP contribution is -2.27. The molecule has 0 saturated carbocycles. The maximum Gasteiger partial charge on any atom is 0.259 e. The van der Waals surface area contributed by atoms with Gasteiger partial charge in [0, 0.05) is 30.6 Å². The van der Waals surface area contributed by atoms with E-state index in [1.54, 1.807) is 56.6 Å². The molecule has 0 aliphatic carbocycles. The predicted molar refractivity (Wildman–Crippen MR) is 112 cm³/mol. The first-order valence-electron chi connectivity index (χ1n) is 8.79. The molecule has 148 valence electrons. The number of ether oxygens (including phenoxy) is 1. The Morgan fingerprint density at radius 3 is 2.66 bits per heavy atom. The van der Waals surface area contributed by atoms with Crippen LogP contribution in [0.5, 0.6) is 5.75 Å². The molecule has 3 aromatic rings. The Labute approximate surface area is 172 Å². The van der Waals surface area contributed by atoms with E-state index < -0.39 is 0 Å². The fraction of sp³-hybridized carbons (Fsp3) is 0.136. The average molecular weight is 410 g/mol. The van der Waals surface area contributed by atoms with E-state index in [1.165, 1.54) is 34.4 Å². The number of rotatable bonds is 7. The predicted octanol–water partition coefficient (Wildman–Crippen LogP) is 4.31. The highest BCUT2D eigenvalue weighted by molar-refractivity contribution is 7.13. The highest BCUT2D eigenvalue weighted by Crippen LogP contribution is 2.24. The zero-order valence-electron chi connectivity index (χ0n) is 16.0. The van der Waals surface area contributed by atoms with Crippen LogP contribution in [0.3, 0.4) is 0 Å². The van der Waals surface area contributed by atoms with Gasteiger partial charge in [0.2, 0.25) is 0 Å². The lowest BCUT2D eigenvalue weighted by molar-refractivity contribution is -0.130. The largest absolute Gasteiger partial charge is 0.484 e. The normalized spacial score (nSPS) is 10.9. The molecule has 1 heterocycles. The van der Waals surface area contributed by atoms with Crippen LogP contribution in [0.25, 0.3) is 16.6 Å². The molecule has 0 atom stereocenters. The number of benzene rings is 2. The van der Waals surface area contributed by atoms with E-state index in [0.29, 0.717) is 17.0 Å². The average Bonchev–Trinajstić information content (AvgIpc) is 3.20. The number of aromatic nitrogens is 1. The van der Waals surface area contributed by atoms with E-state index in [9.17, 15) is 14.0 Å². The van der Waals surface area contributed by atoms with Crippen LogP contribution in [0.2, 0.25) is 0 Å². The van der Waals surface area contributed by atoms with E-state index in [-0.39, 0.29) is 24.1 Å². The first-order chi connectivity index (χ1) is 13.9. The van der Waals surface area contributed by atoms with Crippen molar-refractivity contribution in [3.8, 4) is 16.3 Å². The van der Waals surface area contributed by atoms with Gasteiger partial charge in [0.15, 0.2) is 12.4 Å². The quantitative estimate of drug-likeness (QED) is 0.430. The van der Waals surface area contributed by atoms with Crippen LogP contribution < -0.4 is 4.74 Å². The van der Waals surface area contributed by atoms with Gasteiger partial charge in [-0.25, -0.2) is 9.37 Å². The topological polar surface area (TPSA) is 59.5 Å². The number of likely N-dealkylation sites (N-methyl/N-ethyl adjacent to an activating group) is 1. The molecule has 1 amide bonds. The van der Waals surface area contributed by atoms with Crippen LogP contribution in [0.1, 0.15) is 16.1 Å². The molecule has 5 nitrogen and oxygen atoms in total. The van der Waals surface area contributed by atoms with Gasteiger partial charge in [0.1, 0.15) is 16.6 Å². The first kappa shape index (κ1) is 20.4. The Bertz CT molecular complexity index is 1040. The Morgan fingerprint density at radius 2 is 1.93 bits per heavy atom. The molecule has 7 heteroatoms. The number of thiazole rings is 1. The number of halogens is 1. The van der Waals surface area contributed by atoms with E-state index in [1.807, 2.05) is 5.38 Å². The van der Waals surface area contributed by atoms with Gasteiger partial charge in [0.25, 0.3) is 5.91 Å². The second-order valence-corrected chi connectivity index (χ2v) is 7.24. The summed E-state index contributed by atoms with van der Waals surface area (Å²) < 4.78 is 18.5. The Balaban J connectivity index is 1.66. The van der Waals surface area contributed by atoms with Crippen molar-refractivity contribution >= 4 is 29.1 Å². The maximum absolute atomic E-state index is 13.0. The summed E-state index contributed by atoms with van der Waals surface area (Å²) in [5.74, 6) is -0.215. The van der Waals surface area contributed by atoms with Crippen molar-refractivity contribution < 1.29 is 18.7 Å². The van der Waals surface area contributed by atoms with Gasteiger partial charge in [-0.05, 0) is 48.6 Å². The van der Waals surface area contributed by atoms with Gasteiger partial charge in [0.05, 0.1) is 5.69 Å². The zero-order chi connectivity index (χ0) is 20.8. The minimum atomic E-state index is -0.298. The molecule has 29 heavy (non-hydrogen) atoms. The molecule has 1 aromatic heterocycles. The number of carbonyl (C=O) groups is 2. The van der Waals surface area contributed by atoms with E-state index in [4.69, 9.17) is 4.74 Å². The number of carbonyl (C=O) groups excluding carboxylic acids is 2. The van der Waals surface area contributed by atoms with Gasteiger partial charge in [-0.1, -0.05) is 12.1 Å². The number of hydrogen-bond acceptors (Lipinski definition) is 5. The molecule has 2 aromatic carbocycles. The number of amides is 1. The molecule has 0 unspecified atom stereocenters. The van der Waals surface area contributed by atoms with Crippen molar-refractivity contribution in [2.75, 3.05) is 20.7 Å². The van der Waals surface area contributed by atoms with Crippen LogP contribution in [0.4, 0.5) is 4.39 Å². The van der Waals surface area contributed by atoms with Gasteiger partial charge in [-0.3, -0.25) is 9.59 Å². The van der Waals surface area contributed by atoms with Crippen LogP contribution in [0, 0.1) is 5.82 Å². The van der Waals surface area contributed by atoms with Gasteiger partial charge in [-0.2, -0.15) is 0 Å². The summed E-state index contributed by atoms with van der Waals surface area (Å²) >= 11 is 1.42. The van der Waals surface area contributed by atoms with Crippen molar-refractivity contribution in [2.45, 2.75) is 0 Å². The fourth-order valence-electron chi connectivity index (χ4n) is 2.36. The monoisotopic (exact) mass is 410 g/mol. The third kappa shape index (κ3) is 5.58. The fourth-order valence-corrected chi connectivity index (χ4v) is 3.15. The SMILES string of the molecule is CN(C)C(=O)COc1cccc(C(=O)C=Cc2csc(-c3ccc(F)cc3)n2)c1. The third-order valence-corrected chi connectivity index (χ3v) is 4.91. The molecule has 0 fully saturated rings.